The molecule has 0 aromatic carbocycles. The fourth-order valence-corrected chi connectivity index (χ4v) is 3.51. The molecule has 2 N–H and O–H groups in total. The average Bonchev–Trinajstić information content (AvgIpc) is 2.53. The van der Waals surface area contributed by atoms with Crippen LogP contribution in [0.15, 0.2) is 0 Å². The van der Waals surface area contributed by atoms with Crippen molar-refractivity contribution in [3.05, 3.63) is 0 Å². The maximum absolute atomic E-state index is 11.8. The Kier molecular flexibility index (Phi) is 13.2. The van der Waals surface area contributed by atoms with Crippen LogP contribution in [-0.4, -0.2) is 62.8 Å². The van der Waals surface area contributed by atoms with Crippen LogP contribution in [0.25, 0.3) is 0 Å². The van der Waals surface area contributed by atoms with Gasteiger partial charge in [0, 0.05) is 38.8 Å². The van der Waals surface area contributed by atoms with Gasteiger partial charge in [0.25, 0.3) is 0 Å². The van der Waals surface area contributed by atoms with E-state index in [-0.39, 0.29) is 30.7 Å². The second-order valence-electron chi connectivity index (χ2n) is 6.34. The van der Waals surface area contributed by atoms with Gasteiger partial charge in [0.2, 0.25) is 5.91 Å². The van der Waals surface area contributed by atoms with Crippen molar-refractivity contribution in [2.24, 2.45) is 0 Å². The van der Waals surface area contributed by atoms with Crippen molar-refractivity contribution < 1.29 is 9.53 Å². The lowest BCUT2D eigenvalue weighted by molar-refractivity contribution is -0.121. The molecule has 2 rings (SSSR count). The van der Waals surface area contributed by atoms with E-state index in [0.717, 1.165) is 38.5 Å². The van der Waals surface area contributed by atoms with E-state index in [0.29, 0.717) is 19.2 Å². The monoisotopic (exact) mass is 369 g/mol. The molecule has 1 aliphatic carbocycles. The van der Waals surface area contributed by atoms with Gasteiger partial charge in [-0.2, -0.15) is 0 Å². The number of carbonyl (C=O) groups excluding carboxylic acids is 1. The molecular weight excluding hydrogens is 337 g/mol. The summed E-state index contributed by atoms with van der Waals surface area (Å²) in [7, 11) is 1.67. The molecule has 138 valence electrons. The number of rotatable bonds is 7. The lowest BCUT2D eigenvalue weighted by Gasteiger charge is -2.39. The van der Waals surface area contributed by atoms with Gasteiger partial charge in [-0.05, 0) is 25.7 Å². The first-order chi connectivity index (χ1) is 10.3. The minimum absolute atomic E-state index is 0. The Morgan fingerprint density at radius 2 is 1.74 bits per heavy atom. The molecule has 1 saturated heterocycles. The van der Waals surface area contributed by atoms with E-state index in [1.54, 1.807) is 7.11 Å². The highest BCUT2D eigenvalue weighted by Crippen LogP contribution is 2.25. The molecule has 23 heavy (non-hydrogen) atoms. The molecule has 1 heterocycles. The number of hydrogen-bond acceptors (Lipinski definition) is 4. The van der Waals surface area contributed by atoms with E-state index in [1.165, 1.54) is 32.1 Å². The predicted molar refractivity (Wildman–Crippen MR) is 98.9 cm³/mol. The highest BCUT2D eigenvalue weighted by atomic mass is 35.5. The Morgan fingerprint density at radius 3 is 2.35 bits per heavy atom. The minimum Gasteiger partial charge on any atom is -0.383 e. The van der Waals surface area contributed by atoms with Crippen molar-refractivity contribution in [2.75, 3.05) is 39.9 Å². The van der Waals surface area contributed by atoms with Gasteiger partial charge in [0.15, 0.2) is 0 Å². The Bertz CT molecular complexity index is 308. The van der Waals surface area contributed by atoms with Crippen LogP contribution >= 0.6 is 24.8 Å². The Hall–Kier alpha value is -0.0700. The van der Waals surface area contributed by atoms with Gasteiger partial charge >= 0.3 is 0 Å². The molecule has 7 heteroatoms. The molecule has 0 spiro atoms. The molecule has 0 aromatic rings. The van der Waals surface area contributed by atoms with Gasteiger partial charge in [-0.25, -0.2) is 0 Å². The van der Waals surface area contributed by atoms with Crippen LogP contribution < -0.4 is 10.6 Å². The summed E-state index contributed by atoms with van der Waals surface area (Å²) in [5.74, 6) is 0.113. The topological polar surface area (TPSA) is 53.6 Å². The van der Waals surface area contributed by atoms with Crippen LogP contribution in [0.5, 0.6) is 0 Å². The standard InChI is InChI=1S/C16H31N3O2.2ClH/c1-21-12-9-17-13-16(20)18-14-7-10-19(11-8-14)15-5-3-2-4-6-15;;/h14-15,17H,2-13H2,1H3,(H,18,20);2*1H. The molecule has 1 saturated carbocycles. The third-order valence-electron chi connectivity index (χ3n) is 4.75. The van der Waals surface area contributed by atoms with E-state index in [4.69, 9.17) is 4.74 Å². The van der Waals surface area contributed by atoms with Crippen LogP contribution in [0.4, 0.5) is 0 Å². The summed E-state index contributed by atoms with van der Waals surface area (Å²) in [5.41, 5.74) is 0. The second-order valence-corrected chi connectivity index (χ2v) is 6.34. The Balaban J connectivity index is 0.00000242. The maximum atomic E-state index is 11.8. The summed E-state index contributed by atoms with van der Waals surface area (Å²) in [6.45, 7) is 4.06. The number of nitrogens with zero attached hydrogens (tertiary/aromatic N) is 1. The summed E-state index contributed by atoms with van der Waals surface area (Å²) in [6.07, 6.45) is 9.16. The number of likely N-dealkylation sites (tertiary alicyclic amines) is 1. The van der Waals surface area contributed by atoms with E-state index >= 15 is 0 Å². The predicted octanol–water partition coefficient (Wildman–Crippen LogP) is 1.98. The first kappa shape index (κ1) is 22.9. The van der Waals surface area contributed by atoms with Gasteiger partial charge in [-0.15, -0.1) is 24.8 Å². The zero-order chi connectivity index (χ0) is 14.9. The number of ether oxygens (including phenoxy) is 1. The van der Waals surface area contributed by atoms with Crippen molar-refractivity contribution in [3.63, 3.8) is 0 Å². The summed E-state index contributed by atoms with van der Waals surface area (Å²) >= 11 is 0. The van der Waals surface area contributed by atoms with Gasteiger partial charge in [-0.3, -0.25) is 4.79 Å². The van der Waals surface area contributed by atoms with Crippen LogP contribution in [0.2, 0.25) is 0 Å². The lowest BCUT2D eigenvalue weighted by atomic mass is 9.92. The van der Waals surface area contributed by atoms with Gasteiger partial charge in [0.1, 0.15) is 0 Å². The highest BCUT2D eigenvalue weighted by Gasteiger charge is 2.26. The van der Waals surface area contributed by atoms with Crippen LogP contribution in [0.1, 0.15) is 44.9 Å². The Morgan fingerprint density at radius 1 is 1.09 bits per heavy atom. The number of halogens is 2. The molecule has 2 fully saturated rings. The SMILES string of the molecule is COCCNCC(=O)NC1CCN(C2CCCCC2)CC1.Cl.Cl. The lowest BCUT2D eigenvalue weighted by Crippen LogP contribution is -2.49. The van der Waals surface area contributed by atoms with Crippen LogP contribution in [0, 0.1) is 0 Å². The quantitative estimate of drug-likeness (QED) is 0.673. The van der Waals surface area contributed by atoms with Crippen LogP contribution in [-0.2, 0) is 9.53 Å². The van der Waals surface area contributed by atoms with E-state index in [1.807, 2.05) is 0 Å². The first-order valence-electron chi connectivity index (χ1n) is 8.52. The second kappa shape index (κ2) is 13.2. The molecule has 0 bridgehead atoms. The van der Waals surface area contributed by atoms with Gasteiger partial charge in [0.05, 0.1) is 13.2 Å². The molecular formula is C16H33Cl2N3O2. The molecule has 5 nitrogen and oxygen atoms in total. The zero-order valence-corrected chi connectivity index (χ0v) is 15.9. The third kappa shape index (κ3) is 8.54. The van der Waals surface area contributed by atoms with Crippen molar-refractivity contribution in [1.29, 1.82) is 0 Å². The average molecular weight is 370 g/mol. The molecule has 1 amide bonds. The fourth-order valence-electron chi connectivity index (χ4n) is 3.51. The summed E-state index contributed by atoms with van der Waals surface area (Å²) in [5, 5.41) is 6.24. The summed E-state index contributed by atoms with van der Waals surface area (Å²) in [4.78, 5) is 14.5. The zero-order valence-electron chi connectivity index (χ0n) is 14.2. The van der Waals surface area contributed by atoms with Gasteiger partial charge < -0.3 is 20.3 Å². The number of amides is 1. The Labute approximate surface area is 153 Å². The number of methoxy groups -OCH3 is 1. The number of hydrogen-bond donors (Lipinski definition) is 2. The first-order valence-corrected chi connectivity index (χ1v) is 8.52. The van der Waals surface area contributed by atoms with E-state index < -0.39 is 0 Å². The molecule has 1 aliphatic heterocycles. The van der Waals surface area contributed by atoms with Crippen molar-refractivity contribution >= 4 is 30.7 Å². The number of piperidine rings is 1. The highest BCUT2D eigenvalue weighted by molar-refractivity contribution is 5.85. The molecule has 0 radical (unpaired) electrons. The molecule has 0 unspecified atom stereocenters. The molecule has 2 aliphatic rings. The largest absolute Gasteiger partial charge is 0.383 e. The fraction of sp³-hybridized carbons (Fsp3) is 0.938. The normalized spacial score (nSPS) is 20.4. The van der Waals surface area contributed by atoms with Crippen molar-refractivity contribution in [1.82, 2.24) is 15.5 Å². The molecule has 0 aromatic heterocycles. The van der Waals surface area contributed by atoms with Crippen LogP contribution in [0.3, 0.4) is 0 Å². The van der Waals surface area contributed by atoms with Gasteiger partial charge in [-0.1, -0.05) is 19.3 Å². The maximum Gasteiger partial charge on any atom is 0.234 e. The minimum atomic E-state index is 0. The van der Waals surface area contributed by atoms with E-state index in [9.17, 15) is 4.79 Å². The van der Waals surface area contributed by atoms with Crippen molar-refractivity contribution in [2.45, 2.75) is 57.0 Å². The number of carbonyl (C=O) groups is 1. The molecule has 0 atom stereocenters. The van der Waals surface area contributed by atoms with Crippen molar-refractivity contribution in [3.8, 4) is 0 Å². The van der Waals surface area contributed by atoms with E-state index in [2.05, 4.69) is 15.5 Å². The smallest absolute Gasteiger partial charge is 0.234 e. The summed E-state index contributed by atoms with van der Waals surface area (Å²) in [6, 6.07) is 1.17. The third-order valence-corrected chi connectivity index (χ3v) is 4.75. The number of nitrogens with one attached hydrogen (secondary N) is 2. The summed E-state index contributed by atoms with van der Waals surface area (Å²) < 4.78 is 4.94.